The zero-order valence-corrected chi connectivity index (χ0v) is 15.9. The van der Waals surface area contributed by atoms with Gasteiger partial charge in [-0.1, -0.05) is 6.07 Å². The van der Waals surface area contributed by atoms with Gasteiger partial charge in [-0.05, 0) is 25.0 Å². The number of hydrogen-bond acceptors (Lipinski definition) is 5. The summed E-state index contributed by atoms with van der Waals surface area (Å²) in [6.45, 7) is 0.754. The van der Waals surface area contributed by atoms with Crippen LogP contribution in [0, 0.1) is 5.92 Å². The zero-order chi connectivity index (χ0) is 20.0. The molecule has 1 aromatic rings. The molecule has 27 heavy (non-hydrogen) atoms. The van der Waals surface area contributed by atoms with Gasteiger partial charge >= 0.3 is 5.97 Å². The molecule has 0 atom stereocenters. The van der Waals surface area contributed by atoms with Crippen LogP contribution >= 0.6 is 0 Å². The summed E-state index contributed by atoms with van der Waals surface area (Å²) in [6.07, 6.45) is 0.937. The molecule has 0 radical (unpaired) electrons. The average Bonchev–Trinajstić information content (AvgIpc) is 2.67. The van der Waals surface area contributed by atoms with Gasteiger partial charge in [0, 0.05) is 25.7 Å². The Hall–Kier alpha value is -2.77. The normalized spacial score (nSPS) is 14.6. The summed E-state index contributed by atoms with van der Waals surface area (Å²) in [5, 5.41) is 9.03. The Labute approximate surface area is 158 Å². The van der Waals surface area contributed by atoms with Crippen molar-refractivity contribution in [1.82, 2.24) is 9.80 Å². The quantitative estimate of drug-likeness (QED) is 0.761. The lowest BCUT2D eigenvalue weighted by Gasteiger charge is -2.31. The molecule has 1 fully saturated rings. The Morgan fingerprint density at radius 3 is 2.19 bits per heavy atom. The standard InChI is InChI=1S/C19H26N2O6/c1-20(12-18(23)21-9-7-13(8-10-21)19(24)25)17(22)11-14-15(26-2)5-4-6-16(14)27-3/h4-6,13H,7-12H2,1-3H3,(H,24,25). The van der Waals surface area contributed by atoms with Gasteiger partial charge in [-0.3, -0.25) is 14.4 Å². The third kappa shape index (κ3) is 5.12. The fourth-order valence-corrected chi connectivity index (χ4v) is 3.16. The van der Waals surface area contributed by atoms with Crippen LogP contribution in [0.25, 0.3) is 0 Å². The van der Waals surface area contributed by atoms with E-state index in [1.54, 1.807) is 30.1 Å². The van der Waals surface area contributed by atoms with Gasteiger partial charge in [0.2, 0.25) is 11.8 Å². The fraction of sp³-hybridized carbons (Fsp3) is 0.526. The molecule has 1 aliphatic rings. The maximum Gasteiger partial charge on any atom is 0.306 e. The minimum absolute atomic E-state index is 0.0476. The largest absolute Gasteiger partial charge is 0.496 e. The van der Waals surface area contributed by atoms with Crippen LogP contribution in [-0.4, -0.2) is 73.6 Å². The Kier molecular flexibility index (Phi) is 7.04. The van der Waals surface area contributed by atoms with E-state index in [-0.39, 0.29) is 24.8 Å². The number of aliphatic carboxylic acids is 1. The molecule has 1 aromatic carbocycles. The van der Waals surface area contributed by atoms with Crippen LogP contribution in [0.1, 0.15) is 18.4 Å². The summed E-state index contributed by atoms with van der Waals surface area (Å²) in [5.74, 6) is -0.517. The number of ether oxygens (including phenoxy) is 2. The second-order valence-corrected chi connectivity index (χ2v) is 6.56. The van der Waals surface area contributed by atoms with Gasteiger partial charge in [-0.15, -0.1) is 0 Å². The molecule has 0 unspecified atom stereocenters. The molecule has 0 spiro atoms. The first-order valence-electron chi connectivity index (χ1n) is 8.81. The lowest BCUT2D eigenvalue weighted by Crippen LogP contribution is -2.45. The number of carbonyl (C=O) groups is 3. The first kappa shape index (κ1) is 20.5. The smallest absolute Gasteiger partial charge is 0.306 e. The van der Waals surface area contributed by atoms with Crippen molar-refractivity contribution in [2.45, 2.75) is 19.3 Å². The number of benzene rings is 1. The zero-order valence-electron chi connectivity index (χ0n) is 15.9. The van der Waals surface area contributed by atoms with Crippen LogP contribution in [0.4, 0.5) is 0 Å². The van der Waals surface area contributed by atoms with Gasteiger partial charge < -0.3 is 24.4 Å². The number of likely N-dealkylation sites (N-methyl/N-ethyl adjacent to an activating group) is 1. The Morgan fingerprint density at radius 2 is 1.70 bits per heavy atom. The van der Waals surface area contributed by atoms with Crippen molar-refractivity contribution >= 4 is 17.8 Å². The van der Waals surface area contributed by atoms with Crippen LogP contribution in [0.2, 0.25) is 0 Å². The third-order valence-electron chi connectivity index (χ3n) is 4.85. The Morgan fingerprint density at radius 1 is 1.15 bits per heavy atom. The highest BCUT2D eigenvalue weighted by Crippen LogP contribution is 2.29. The molecule has 8 heteroatoms. The lowest BCUT2D eigenvalue weighted by molar-refractivity contribution is -0.146. The van der Waals surface area contributed by atoms with Crippen LogP contribution in [0.15, 0.2) is 18.2 Å². The lowest BCUT2D eigenvalue weighted by atomic mass is 9.97. The van der Waals surface area contributed by atoms with Crippen molar-refractivity contribution < 1.29 is 29.0 Å². The molecule has 2 amide bonds. The van der Waals surface area contributed by atoms with Crippen molar-refractivity contribution in [2.75, 3.05) is 40.9 Å². The number of carboxylic acids is 1. The van der Waals surface area contributed by atoms with Gasteiger partial charge in [0.25, 0.3) is 0 Å². The van der Waals surface area contributed by atoms with Gasteiger partial charge in [0.15, 0.2) is 0 Å². The van der Waals surface area contributed by atoms with E-state index in [4.69, 9.17) is 14.6 Å². The van der Waals surface area contributed by atoms with E-state index in [0.29, 0.717) is 43.0 Å². The van der Waals surface area contributed by atoms with E-state index in [1.165, 1.54) is 19.1 Å². The van der Waals surface area contributed by atoms with E-state index in [0.717, 1.165) is 0 Å². The van der Waals surface area contributed by atoms with Crippen molar-refractivity contribution in [3.8, 4) is 11.5 Å². The molecule has 1 heterocycles. The predicted octanol–water partition coefficient (Wildman–Crippen LogP) is 1.03. The van der Waals surface area contributed by atoms with E-state index in [2.05, 4.69) is 0 Å². The summed E-state index contributed by atoms with van der Waals surface area (Å²) in [6, 6.07) is 5.28. The van der Waals surface area contributed by atoms with Gasteiger partial charge in [0.1, 0.15) is 11.5 Å². The second kappa shape index (κ2) is 9.25. The molecular weight excluding hydrogens is 352 g/mol. The predicted molar refractivity (Wildman–Crippen MR) is 97.8 cm³/mol. The molecule has 0 saturated carbocycles. The molecule has 0 aromatic heterocycles. The maximum absolute atomic E-state index is 12.6. The minimum Gasteiger partial charge on any atom is -0.496 e. The summed E-state index contributed by atoms with van der Waals surface area (Å²) >= 11 is 0. The molecule has 2 rings (SSSR count). The highest BCUT2D eigenvalue weighted by molar-refractivity contribution is 5.86. The molecule has 148 valence electrons. The number of methoxy groups -OCH3 is 2. The number of rotatable bonds is 7. The first-order valence-corrected chi connectivity index (χ1v) is 8.81. The molecule has 1 aliphatic heterocycles. The Balaban J connectivity index is 1.95. The van der Waals surface area contributed by atoms with Crippen molar-refractivity contribution in [3.05, 3.63) is 23.8 Å². The van der Waals surface area contributed by atoms with E-state index < -0.39 is 11.9 Å². The SMILES string of the molecule is COc1cccc(OC)c1CC(=O)N(C)CC(=O)N1CCC(C(=O)O)CC1. The molecule has 1 saturated heterocycles. The Bertz CT molecular complexity index is 675. The molecule has 0 bridgehead atoms. The third-order valence-corrected chi connectivity index (χ3v) is 4.85. The number of hydrogen-bond donors (Lipinski definition) is 1. The van der Waals surface area contributed by atoms with Gasteiger partial charge in [0.05, 0.1) is 33.1 Å². The number of amides is 2. The van der Waals surface area contributed by atoms with E-state index >= 15 is 0 Å². The average molecular weight is 378 g/mol. The number of carboxylic acid groups (broad SMARTS) is 1. The maximum atomic E-state index is 12.6. The number of carbonyl (C=O) groups excluding carboxylic acids is 2. The van der Waals surface area contributed by atoms with Crippen LogP contribution in [-0.2, 0) is 20.8 Å². The molecule has 0 aliphatic carbocycles. The monoisotopic (exact) mass is 378 g/mol. The number of likely N-dealkylation sites (tertiary alicyclic amines) is 1. The van der Waals surface area contributed by atoms with Crippen molar-refractivity contribution in [2.24, 2.45) is 5.92 Å². The van der Waals surface area contributed by atoms with Crippen molar-refractivity contribution in [3.63, 3.8) is 0 Å². The highest BCUT2D eigenvalue weighted by atomic mass is 16.5. The van der Waals surface area contributed by atoms with Crippen molar-refractivity contribution in [1.29, 1.82) is 0 Å². The van der Waals surface area contributed by atoms with E-state index in [1.807, 2.05) is 0 Å². The highest BCUT2D eigenvalue weighted by Gasteiger charge is 2.28. The van der Waals surface area contributed by atoms with Crippen LogP contribution in [0.3, 0.4) is 0 Å². The van der Waals surface area contributed by atoms with Crippen LogP contribution < -0.4 is 9.47 Å². The second-order valence-electron chi connectivity index (χ2n) is 6.56. The first-order chi connectivity index (χ1) is 12.9. The fourth-order valence-electron chi connectivity index (χ4n) is 3.16. The summed E-state index contributed by atoms with van der Waals surface area (Å²) in [7, 11) is 4.62. The molecular formula is C19H26N2O6. The van der Waals surface area contributed by atoms with Crippen LogP contribution in [0.5, 0.6) is 11.5 Å². The van der Waals surface area contributed by atoms with Gasteiger partial charge in [-0.25, -0.2) is 0 Å². The number of nitrogens with zero attached hydrogens (tertiary/aromatic N) is 2. The van der Waals surface area contributed by atoms with Gasteiger partial charge in [-0.2, -0.15) is 0 Å². The topological polar surface area (TPSA) is 96.4 Å². The van der Waals surface area contributed by atoms with E-state index in [9.17, 15) is 14.4 Å². The minimum atomic E-state index is -0.819. The summed E-state index contributed by atoms with van der Waals surface area (Å²) in [4.78, 5) is 39.0. The summed E-state index contributed by atoms with van der Waals surface area (Å²) < 4.78 is 10.6. The molecule has 1 N–H and O–H groups in total. The molecule has 8 nitrogen and oxygen atoms in total. The summed E-state index contributed by atoms with van der Waals surface area (Å²) in [5.41, 5.74) is 0.633. The number of piperidine rings is 1.